The molecular weight excluding hydrogens is 336 g/mol. The Morgan fingerprint density at radius 3 is 2.38 bits per heavy atom. The van der Waals surface area contributed by atoms with Crippen molar-refractivity contribution in [2.24, 2.45) is 5.92 Å². The molecule has 0 aliphatic carbocycles. The van der Waals surface area contributed by atoms with E-state index < -0.39 is 27.8 Å². The third-order valence-electron chi connectivity index (χ3n) is 3.10. The summed E-state index contributed by atoms with van der Waals surface area (Å²) < 4.78 is 32.2. The number of rotatable bonds is 8. The smallest absolute Gasteiger partial charge is 0.308 e. The molecule has 1 amide bonds. The molecule has 0 fully saturated rings. The predicted octanol–water partition coefficient (Wildman–Crippen LogP) is 0.832. The highest BCUT2D eigenvalue weighted by Crippen LogP contribution is 2.25. The van der Waals surface area contributed by atoms with E-state index in [1.807, 2.05) is 0 Å². The molecule has 134 valence electrons. The van der Waals surface area contributed by atoms with E-state index in [9.17, 15) is 18.0 Å². The number of benzene rings is 1. The van der Waals surface area contributed by atoms with E-state index in [1.165, 1.54) is 32.2 Å². The molecule has 1 aromatic carbocycles. The van der Waals surface area contributed by atoms with Crippen LogP contribution in [0.15, 0.2) is 23.1 Å². The fourth-order valence-electron chi connectivity index (χ4n) is 1.84. The summed E-state index contributed by atoms with van der Waals surface area (Å²) in [6.07, 6.45) is 0. The molecule has 3 N–H and O–H groups in total. The van der Waals surface area contributed by atoms with E-state index in [1.54, 1.807) is 13.8 Å². The maximum absolute atomic E-state index is 12.4. The summed E-state index contributed by atoms with van der Waals surface area (Å²) in [6.45, 7) is 4.74. The van der Waals surface area contributed by atoms with Gasteiger partial charge in [-0.25, -0.2) is 13.1 Å². The van der Waals surface area contributed by atoms with Crippen LogP contribution >= 0.6 is 0 Å². The van der Waals surface area contributed by atoms with Crippen LogP contribution in [0.3, 0.4) is 0 Å². The zero-order valence-corrected chi connectivity index (χ0v) is 14.8. The number of carboxylic acids is 1. The number of methoxy groups -OCH3 is 1. The third-order valence-corrected chi connectivity index (χ3v) is 4.78. The molecule has 0 saturated heterocycles. The number of hydrogen-bond donors (Lipinski definition) is 3. The van der Waals surface area contributed by atoms with Gasteiger partial charge in [0, 0.05) is 18.2 Å². The highest BCUT2D eigenvalue weighted by Gasteiger charge is 2.22. The molecule has 0 aliphatic heterocycles. The number of carbonyl (C=O) groups excluding carboxylic acids is 1. The predicted molar refractivity (Wildman–Crippen MR) is 87.6 cm³/mol. The van der Waals surface area contributed by atoms with Gasteiger partial charge >= 0.3 is 5.97 Å². The zero-order valence-electron chi connectivity index (χ0n) is 14.0. The Kier molecular flexibility index (Phi) is 6.73. The second-order valence-electron chi connectivity index (χ2n) is 5.59. The van der Waals surface area contributed by atoms with Crippen molar-refractivity contribution in [3.63, 3.8) is 0 Å². The molecule has 1 rings (SSSR count). The number of nitrogens with one attached hydrogen (secondary N) is 2. The molecule has 0 aromatic heterocycles. The van der Waals surface area contributed by atoms with Crippen LogP contribution in [0.2, 0.25) is 0 Å². The first-order valence-corrected chi connectivity index (χ1v) is 8.78. The van der Waals surface area contributed by atoms with Crippen molar-refractivity contribution in [2.75, 3.05) is 13.7 Å². The van der Waals surface area contributed by atoms with E-state index in [-0.39, 0.29) is 28.8 Å². The molecule has 0 heterocycles. The van der Waals surface area contributed by atoms with E-state index in [0.29, 0.717) is 0 Å². The van der Waals surface area contributed by atoms with Crippen molar-refractivity contribution in [1.82, 2.24) is 10.0 Å². The second kappa shape index (κ2) is 8.11. The molecule has 0 saturated carbocycles. The SMILES string of the molecule is COc1ccc(C(=O)NCC(C)C(=O)O)cc1S(=O)(=O)NC(C)C. The molecule has 8 nitrogen and oxygen atoms in total. The molecular formula is C15H22N2O6S. The van der Waals surface area contributed by atoms with Crippen LogP contribution in [-0.2, 0) is 14.8 Å². The fraction of sp³-hybridized carbons (Fsp3) is 0.467. The Morgan fingerprint density at radius 2 is 1.88 bits per heavy atom. The van der Waals surface area contributed by atoms with Gasteiger partial charge in [-0.3, -0.25) is 9.59 Å². The number of amides is 1. The van der Waals surface area contributed by atoms with Gasteiger partial charge < -0.3 is 15.2 Å². The van der Waals surface area contributed by atoms with E-state index in [0.717, 1.165) is 0 Å². The van der Waals surface area contributed by atoms with Crippen molar-refractivity contribution in [3.8, 4) is 5.75 Å². The zero-order chi connectivity index (χ0) is 18.5. The summed E-state index contributed by atoms with van der Waals surface area (Å²) in [5.74, 6) is -2.24. The molecule has 1 unspecified atom stereocenters. The first-order chi connectivity index (χ1) is 11.1. The number of carbonyl (C=O) groups is 2. The number of carboxylic acid groups (broad SMARTS) is 1. The van der Waals surface area contributed by atoms with Crippen LogP contribution in [0.5, 0.6) is 5.75 Å². The van der Waals surface area contributed by atoms with Crippen molar-refractivity contribution < 1.29 is 27.9 Å². The minimum atomic E-state index is -3.85. The van der Waals surface area contributed by atoms with Crippen LogP contribution in [0, 0.1) is 5.92 Å². The van der Waals surface area contributed by atoms with Crippen molar-refractivity contribution in [1.29, 1.82) is 0 Å². The van der Waals surface area contributed by atoms with Crippen LogP contribution < -0.4 is 14.8 Å². The Morgan fingerprint density at radius 1 is 1.25 bits per heavy atom. The van der Waals surface area contributed by atoms with Gasteiger partial charge in [0.15, 0.2) is 0 Å². The summed E-state index contributed by atoms with van der Waals surface area (Å²) in [4.78, 5) is 22.7. The standard InChI is InChI=1S/C15H22N2O6S/c1-9(2)17-24(21,22)13-7-11(5-6-12(13)23-4)14(18)16-8-10(3)15(19)20/h5-7,9-10,17H,8H2,1-4H3,(H,16,18)(H,19,20). The lowest BCUT2D eigenvalue weighted by atomic mass is 10.1. The van der Waals surface area contributed by atoms with Crippen molar-refractivity contribution in [2.45, 2.75) is 31.7 Å². The second-order valence-corrected chi connectivity index (χ2v) is 7.27. The Balaban J connectivity index is 3.09. The number of sulfonamides is 1. The first kappa shape index (κ1) is 19.9. The summed E-state index contributed by atoms with van der Waals surface area (Å²) in [5, 5.41) is 11.3. The van der Waals surface area contributed by atoms with Gasteiger partial charge in [-0.2, -0.15) is 0 Å². The minimum Gasteiger partial charge on any atom is -0.495 e. The monoisotopic (exact) mass is 358 g/mol. The fourth-order valence-corrected chi connectivity index (χ4v) is 3.28. The van der Waals surface area contributed by atoms with Gasteiger partial charge in [0.2, 0.25) is 10.0 Å². The average Bonchev–Trinajstić information content (AvgIpc) is 2.50. The third kappa shape index (κ3) is 5.20. The first-order valence-electron chi connectivity index (χ1n) is 7.30. The van der Waals surface area contributed by atoms with Crippen LogP contribution in [0.4, 0.5) is 0 Å². The van der Waals surface area contributed by atoms with Gasteiger partial charge in [-0.1, -0.05) is 6.92 Å². The van der Waals surface area contributed by atoms with Gasteiger partial charge in [0.05, 0.1) is 13.0 Å². The molecule has 1 aromatic rings. The topological polar surface area (TPSA) is 122 Å². The average molecular weight is 358 g/mol. The highest BCUT2D eigenvalue weighted by atomic mass is 32.2. The van der Waals surface area contributed by atoms with Gasteiger partial charge in [0.25, 0.3) is 5.91 Å². The van der Waals surface area contributed by atoms with E-state index >= 15 is 0 Å². The summed E-state index contributed by atoms with van der Waals surface area (Å²) in [5.41, 5.74) is 0.0949. The lowest BCUT2D eigenvalue weighted by Crippen LogP contribution is -2.32. The van der Waals surface area contributed by atoms with Crippen LogP contribution in [0.25, 0.3) is 0 Å². The molecule has 0 spiro atoms. The van der Waals surface area contributed by atoms with Gasteiger partial charge in [-0.05, 0) is 32.0 Å². The molecule has 0 radical (unpaired) electrons. The Hall–Kier alpha value is -2.13. The normalized spacial score (nSPS) is 12.7. The summed E-state index contributed by atoms with van der Waals surface area (Å²) >= 11 is 0. The Labute approximate surface area is 141 Å². The van der Waals surface area contributed by atoms with Crippen LogP contribution in [-0.4, -0.2) is 45.1 Å². The van der Waals surface area contributed by atoms with Gasteiger partial charge in [-0.15, -0.1) is 0 Å². The van der Waals surface area contributed by atoms with E-state index in [4.69, 9.17) is 9.84 Å². The number of hydrogen-bond acceptors (Lipinski definition) is 5. The Bertz CT molecular complexity index is 715. The molecule has 0 aliphatic rings. The molecule has 0 bridgehead atoms. The highest BCUT2D eigenvalue weighted by molar-refractivity contribution is 7.89. The molecule has 1 atom stereocenters. The quantitative estimate of drug-likeness (QED) is 0.633. The van der Waals surface area contributed by atoms with E-state index in [2.05, 4.69) is 10.0 Å². The largest absolute Gasteiger partial charge is 0.495 e. The van der Waals surface area contributed by atoms with Gasteiger partial charge in [0.1, 0.15) is 10.6 Å². The summed E-state index contributed by atoms with van der Waals surface area (Å²) in [6, 6.07) is 3.66. The van der Waals surface area contributed by atoms with Crippen molar-refractivity contribution >= 4 is 21.9 Å². The maximum Gasteiger partial charge on any atom is 0.308 e. The molecule has 9 heteroatoms. The lowest BCUT2D eigenvalue weighted by molar-refractivity contribution is -0.140. The van der Waals surface area contributed by atoms with Crippen LogP contribution in [0.1, 0.15) is 31.1 Å². The number of ether oxygens (including phenoxy) is 1. The number of aliphatic carboxylic acids is 1. The summed E-state index contributed by atoms with van der Waals surface area (Å²) in [7, 11) is -2.52. The molecule has 24 heavy (non-hydrogen) atoms. The lowest BCUT2D eigenvalue weighted by Gasteiger charge is -2.14. The van der Waals surface area contributed by atoms with Crippen molar-refractivity contribution in [3.05, 3.63) is 23.8 Å². The minimum absolute atomic E-state index is 0.0630. The maximum atomic E-state index is 12.4.